The zero-order chi connectivity index (χ0) is 19.4. The summed E-state index contributed by atoms with van der Waals surface area (Å²) in [7, 11) is 0. The third kappa shape index (κ3) is 4.35. The van der Waals surface area contributed by atoms with Crippen LogP contribution in [0.1, 0.15) is 35.9 Å². The molecule has 2 aromatic heterocycles. The van der Waals surface area contributed by atoms with Crippen LogP contribution in [0.3, 0.4) is 0 Å². The Labute approximate surface area is 159 Å². The van der Waals surface area contributed by atoms with Gasteiger partial charge in [-0.05, 0) is 44.4 Å². The van der Waals surface area contributed by atoms with E-state index in [0.717, 1.165) is 29.9 Å². The molecule has 27 heavy (non-hydrogen) atoms. The van der Waals surface area contributed by atoms with Gasteiger partial charge in [0.15, 0.2) is 0 Å². The van der Waals surface area contributed by atoms with Gasteiger partial charge in [-0.1, -0.05) is 6.07 Å². The SMILES string of the molecule is CCn1nc(C)c(CCNC(=O)C2CC(=O)N(Cc3cccnc3)C2)c1C. The van der Waals surface area contributed by atoms with Crippen molar-refractivity contribution in [2.45, 2.75) is 46.7 Å². The van der Waals surface area contributed by atoms with Crippen molar-refractivity contribution in [3.8, 4) is 0 Å². The first-order valence-corrected chi connectivity index (χ1v) is 9.46. The van der Waals surface area contributed by atoms with Crippen molar-refractivity contribution in [2.75, 3.05) is 13.1 Å². The van der Waals surface area contributed by atoms with Crippen LogP contribution in [0, 0.1) is 19.8 Å². The molecule has 7 heteroatoms. The number of nitrogens with zero attached hydrogens (tertiary/aromatic N) is 4. The first-order chi connectivity index (χ1) is 13.0. The van der Waals surface area contributed by atoms with Gasteiger partial charge in [0.25, 0.3) is 0 Å². The van der Waals surface area contributed by atoms with E-state index in [1.165, 1.54) is 5.56 Å². The molecule has 7 nitrogen and oxygen atoms in total. The summed E-state index contributed by atoms with van der Waals surface area (Å²) in [6, 6.07) is 3.79. The van der Waals surface area contributed by atoms with E-state index in [-0.39, 0.29) is 24.2 Å². The van der Waals surface area contributed by atoms with Gasteiger partial charge in [-0.15, -0.1) is 0 Å². The maximum absolute atomic E-state index is 12.5. The molecule has 0 saturated carbocycles. The third-order valence-corrected chi connectivity index (χ3v) is 5.19. The van der Waals surface area contributed by atoms with Gasteiger partial charge >= 0.3 is 0 Å². The standard InChI is InChI=1S/C20H27N5O2/c1-4-25-15(3)18(14(2)23-25)7-9-22-20(27)17-10-19(26)24(13-17)12-16-6-5-8-21-11-16/h5-6,8,11,17H,4,7,9-10,12-13H2,1-3H3,(H,22,27). The molecule has 3 heterocycles. The van der Waals surface area contributed by atoms with E-state index >= 15 is 0 Å². The fraction of sp³-hybridized carbons (Fsp3) is 0.500. The first-order valence-electron chi connectivity index (χ1n) is 9.46. The second-order valence-electron chi connectivity index (χ2n) is 7.04. The van der Waals surface area contributed by atoms with E-state index < -0.39 is 0 Å². The Bertz CT molecular complexity index is 815. The lowest BCUT2D eigenvalue weighted by Crippen LogP contribution is -2.34. The molecular weight excluding hydrogens is 342 g/mol. The molecule has 1 aliphatic heterocycles. The summed E-state index contributed by atoms with van der Waals surface area (Å²) in [4.78, 5) is 30.5. The van der Waals surface area contributed by atoms with Crippen LogP contribution in [0.2, 0.25) is 0 Å². The van der Waals surface area contributed by atoms with Gasteiger partial charge < -0.3 is 10.2 Å². The van der Waals surface area contributed by atoms with E-state index in [9.17, 15) is 9.59 Å². The highest BCUT2D eigenvalue weighted by Gasteiger charge is 2.34. The Kier molecular flexibility index (Phi) is 5.88. The second-order valence-corrected chi connectivity index (χ2v) is 7.04. The molecule has 1 fully saturated rings. The molecule has 1 saturated heterocycles. The van der Waals surface area contributed by atoms with Crippen LogP contribution in [0.25, 0.3) is 0 Å². The van der Waals surface area contributed by atoms with Crippen molar-refractivity contribution in [1.29, 1.82) is 0 Å². The van der Waals surface area contributed by atoms with Crippen LogP contribution in [0.4, 0.5) is 0 Å². The molecule has 1 N–H and O–H groups in total. The Hall–Kier alpha value is -2.70. The van der Waals surface area contributed by atoms with E-state index in [2.05, 4.69) is 29.2 Å². The largest absolute Gasteiger partial charge is 0.355 e. The van der Waals surface area contributed by atoms with Crippen LogP contribution < -0.4 is 5.32 Å². The fourth-order valence-electron chi connectivity index (χ4n) is 3.67. The lowest BCUT2D eigenvalue weighted by Gasteiger charge is -2.16. The highest BCUT2D eigenvalue weighted by molar-refractivity contribution is 5.89. The van der Waals surface area contributed by atoms with Crippen LogP contribution >= 0.6 is 0 Å². The number of likely N-dealkylation sites (tertiary alicyclic amines) is 1. The number of amides is 2. The van der Waals surface area contributed by atoms with Gasteiger partial charge in [0, 0.05) is 50.7 Å². The molecule has 1 aliphatic rings. The number of carbonyl (C=O) groups excluding carboxylic acids is 2. The predicted octanol–water partition coefficient (Wildman–Crippen LogP) is 1.62. The Morgan fingerprint density at radius 1 is 1.37 bits per heavy atom. The average molecular weight is 369 g/mol. The van der Waals surface area contributed by atoms with E-state index in [0.29, 0.717) is 19.6 Å². The summed E-state index contributed by atoms with van der Waals surface area (Å²) in [6.45, 7) is 8.50. The quantitative estimate of drug-likeness (QED) is 0.804. The molecule has 3 rings (SSSR count). The number of pyridine rings is 1. The molecular formula is C20H27N5O2. The molecule has 1 atom stereocenters. The van der Waals surface area contributed by atoms with Crippen LogP contribution in [-0.4, -0.2) is 44.6 Å². The van der Waals surface area contributed by atoms with Gasteiger partial charge in [0.2, 0.25) is 11.8 Å². The number of hydrogen-bond acceptors (Lipinski definition) is 4. The van der Waals surface area contributed by atoms with Gasteiger partial charge in [0.05, 0.1) is 11.6 Å². The minimum Gasteiger partial charge on any atom is -0.355 e. The summed E-state index contributed by atoms with van der Waals surface area (Å²) in [5, 5.41) is 7.50. The topological polar surface area (TPSA) is 80.1 Å². The summed E-state index contributed by atoms with van der Waals surface area (Å²) >= 11 is 0. The summed E-state index contributed by atoms with van der Waals surface area (Å²) in [5.41, 5.74) is 4.34. The van der Waals surface area contributed by atoms with Gasteiger partial charge in [-0.3, -0.25) is 19.3 Å². The third-order valence-electron chi connectivity index (χ3n) is 5.19. The predicted molar refractivity (Wildman–Crippen MR) is 102 cm³/mol. The number of aromatic nitrogens is 3. The average Bonchev–Trinajstić information content (AvgIpc) is 3.16. The highest BCUT2D eigenvalue weighted by Crippen LogP contribution is 2.20. The highest BCUT2D eigenvalue weighted by atomic mass is 16.2. The van der Waals surface area contributed by atoms with Gasteiger partial charge in [-0.25, -0.2) is 0 Å². The number of hydrogen-bond donors (Lipinski definition) is 1. The van der Waals surface area contributed by atoms with Crippen molar-refractivity contribution in [2.24, 2.45) is 5.92 Å². The summed E-state index contributed by atoms with van der Waals surface area (Å²) < 4.78 is 1.98. The van der Waals surface area contributed by atoms with E-state index in [1.54, 1.807) is 17.3 Å². The Morgan fingerprint density at radius 3 is 2.85 bits per heavy atom. The van der Waals surface area contributed by atoms with Crippen molar-refractivity contribution in [1.82, 2.24) is 25.0 Å². The minimum absolute atomic E-state index is 0.0231. The maximum atomic E-state index is 12.5. The molecule has 144 valence electrons. The lowest BCUT2D eigenvalue weighted by molar-refractivity contribution is -0.129. The Morgan fingerprint density at radius 2 is 2.19 bits per heavy atom. The van der Waals surface area contributed by atoms with Crippen molar-refractivity contribution in [3.05, 3.63) is 47.0 Å². The van der Waals surface area contributed by atoms with Crippen LogP contribution in [-0.2, 0) is 29.1 Å². The molecule has 2 aromatic rings. The maximum Gasteiger partial charge on any atom is 0.225 e. The molecule has 0 aromatic carbocycles. The van der Waals surface area contributed by atoms with Crippen LogP contribution in [0.15, 0.2) is 24.5 Å². The molecule has 0 aliphatic carbocycles. The molecule has 1 unspecified atom stereocenters. The van der Waals surface area contributed by atoms with E-state index in [4.69, 9.17) is 0 Å². The molecule has 0 radical (unpaired) electrons. The van der Waals surface area contributed by atoms with Crippen molar-refractivity contribution in [3.63, 3.8) is 0 Å². The smallest absolute Gasteiger partial charge is 0.225 e. The summed E-state index contributed by atoms with van der Waals surface area (Å²) in [5.74, 6) is -0.306. The normalized spacial score (nSPS) is 16.8. The number of rotatable bonds is 7. The minimum atomic E-state index is -0.283. The number of carbonyl (C=O) groups is 2. The molecule has 0 spiro atoms. The van der Waals surface area contributed by atoms with Crippen molar-refractivity contribution < 1.29 is 9.59 Å². The first kappa shape index (κ1) is 19.1. The van der Waals surface area contributed by atoms with Crippen molar-refractivity contribution >= 4 is 11.8 Å². The molecule has 0 bridgehead atoms. The number of aryl methyl sites for hydroxylation is 2. The van der Waals surface area contributed by atoms with Crippen LogP contribution in [0.5, 0.6) is 0 Å². The van der Waals surface area contributed by atoms with Gasteiger partial charge in [-0.2, -0.15) is 5.10 Å². The summed E-state index contributed by atoms with van der Waals surface area (Å²) in [6.07, 6.45) is 4.49. The fourth-order valence-corrected chi connectivity index (χ4v) is 3.67. The zero-order valence-corrected chi connectivity index (χ0v) is 16.2. The zero-order valence-electron chi connectivity index (χ0n) is 16.2. The Balaban J connectivity index is 1.50. The molecule has 2 amide bonds. The second kappa shape index (κ2) is 8.33. The van der Waals surface area contributed by atoms with E-state index in [1.807, 2.05) is 23.7 Å². The van der Waals surface area contributed by atoms with Gasteiger partial charge in [0.1, 0.15) is 0 Å². The number of nitrogens with one attached hydrogen (secondary N) is 1. The lowest BCUT2D eigenvalue weighted by atomic mass is 10.1. The monoisotopic (exact) mass is 369 g/mol.